The van der Waals surface area contributed by atoms with Crippen LogP contribution in [0.2, 0.25) is 0 Å². The summed E-state index contributed by atoms with van der Waals surface area (Å²) in [6.07, 6.45) is 5.02. The summed E-state index contributed by atoms with van der Waals surface area (Å²) in [6, 6.07) is 0.388. The largest absolute Gasteiger partial charge is 0.362 e. The lowest BCUT2D eigenvalue weighted by atomic mass is 9.95. The predicted molar refractivity (Wildman–Crippen MR) is 72.2 cm³/mol. The second-order valence-electron chi connectivity index (χ2n) is 5.78. The molecule has 104 valence electrons. The number of nitrogens with one attached hydrogen (secondary N) is 1. The number of nitro groups is 1. The molecule has 6 nitrogen and oxygen atoms in total. The lowest BCUT2D eigenvalue weighted by molar-refractivity contribution is -0.384. The van der Waals surface area contributed by atoms with Crippen LogP contribution in [0.15, 0.2) is 0 Å². The average Bonchev–Trinajstić information content (AvgIpc) is 3.03. The molecule has 0 spiro atoms. The van der Waals surface area contributed by atoms with E-state index >= 15 is 0 Å². The minimum Gasteiger partial charge on any atom is -0.362 e. The van der Waals surface area contributed by atoms with E-state index in [1.54, 1.807) is 11.6 Å². The molecule has 3 atom stereocenters. The molecule has 1 N–H and O–H groups in total. The van der Waals surface area contributed by atoms with Crippen LogP contribution >= 0.6 is 0 Å². The zero-order valence-corrected chi connectivity index (χ0v) is 11.4. The van der Waals surface area contributed by atoms with Crippen molar-refractivity contribution >= 4 is 11.5 Å². The van der Waals surface area contributed by atoms with E-state index in [1.807, 2.05) is 6.92 Å². The van der Waals surface area contributed by atoms with Crippen LogP contribution in [0, 0.1) is 28.9 Å². The maximum Gasteiger partial charge on any atom is 0.333 e. The van der Waals surface area contributed by atoms with E-state index < -0.39 is 0 Å². The van der Waals surface area contributed by atoms with E-state index in [0.29, 0.717) is 30.0 Å². The third-order valence-electron chi connectivity index (χ3n) is 4.64. The Balaban J connectivity index is 1.89. The second kappa shape index (κ2) is 4.51. The van der Waals surface area contributed by atoms with Gasteiger partial charge in [-0.2, -0.15) is 5.10 Å². The van der Waals surface area contributed by atoms with Gasteiger partial charge in [-0.05, 0) is 44.9 Å². The Bertz CT molecular complexity index is 511. The van der Waals surface area contributed by atoms with Gasteiger partial charge in [0.05, 0.1) is 4.92 Å². The first kappa shape index (κ1) is 12.4. The van der Waals surface area contributed by atoms with Gasteiger partial charge in [0, 0.05) is 12.6 Å². The van der Waals surface area contributed by atoms with Crippen molar-refractivity contribution in [3.63, 3.8) is 0 Å². The number of nitrogens with zero attached hydrogens (tertiary/aromatic N) is 3. The molecule has 0 radical (unpaired) electrons. The molecule has 2 saturated carbocycles. The molecule has 2 aliphatic rings. The van der Waals surface area contributed by atoms with Crippen molar-refractivity contribution < 1.29 is 4.92 Å². The van der Waals surface area contributed by atoms with Crippen LogP contribution in [0.5, 0.6) is 0 Å². The van der Waals surface area contributed by atoms with Crippen LogP contribution in [0.3, 0.4) is 0 Å². The fraction of sp³-hybridized carbons (Fsp3) is 0.769. The molecular formula is C13H20N4O2. The van der Waals surface area contributed by atoms with Gasteiger partial charge < -0.3 is 5.32 Å². The van der Waals surface area contributed by atoms with Crippen LogP contribution in [-0.4, -0.2) is 20.7 Å². The van der Waals surface area contributed by atoms with Crippen molar-refractivity contribution in [2.75, 3.05) is 5.32 Å². The number of hydrogen-bond donors (Lipinski definition) is 1. The van der Waals surface area contributed by atoms with Crippen molar-refractivity contribution in [1.29, 1.82) is 0 Å². The predicted octanol–water partition coefficient (Wildman–Crippen LogP) is 2.72. The quantitative estimate of drug-likeness (QED) is 0.670. The molecular weight excluding hydrogens is 244 g/mol. The summed E-state index contributed by atoms with van der Waals surface area (Å²) in [5, 5.41) is 18.9. The van der Waals surface area contributed by atoms with Crippen molar-refractivity contribution in [2.24, 2.45) is 11.8 Å². The van der Waals surface area contributed by atoms with E-state index in [2.05, 4.69) is 10.4 Å². The van der Waals surface area contributed by atoms with E-state index in [0.717, 1.165) is 12.3 Å². The number of aromatic nitrogens is 2. The van der Waals surface area contributed by atoms with Gasteiger partial charge in [-0.15, -0.1) is 0 Å². The number of anilines is 1. The van der Waals surface area contributed by atoms with Gasteiger partial charge in [0.1, 0.15) is 5.69 Å². The molecule has 3 unspecified atom stereocenters. The fourth-order valence-electron chi connectivity index (χ4n) is 3.76. The summed E-state index contributed by atoms with van der Waals surface area (Å²) in [7, 11) is 0. The Hall–Kier alpha value is -1.59. The monoisotopic (exact) mass is 264 g/mol. The Labute approximate surface area is 112 Å². The lowest BCUT2D eigenvalue weighted by Gasteiger charge is -2.23. The first-order valence-corrected chi connectivity index (χ1v) is 7.08. The van der Waals surface area contributed by atoms with Crippen molar-refractivity contribution in [3.8, 4) is 0 Å². The summed E-state index contributed by atoms with van der Waals surface area (Å²) in [5.41, 5.74) is 0.641. The summed E-state index contributed by atoms with van der Waals surface area (Å²) >= 11 is 0. The minimum absolute atomic E-state index is 0.143. The third-order valence-corrected chi connectivity index (χ3v) is 4.64. The zero-order valence-electron chi connectivity index (χ0n) is 11.4. The molecule has 2 fully saturated rings. The standard InChI is InChI=1S/C13H20N4O2/c1-3-16-13(12(17(18)19)8(2)15-16)14-11-7-9-4-5-10(11)6-9/h9-11,14H,3-7H2,1-2H3. The first-order valence-electron chi connectivity index (χ1n) is 7.08. The lowest BCUT2D eigenvalue weighted by Crippen LogP contribution is -2.27. The highest BCUT2D eigenvalue weighted by Gasteiger charge is 2.41. The second-order valence-corrected chi connectivity index (χ2v) is 5.78. The molecule has 2 bridgehead atoms. The summed E-state index contributed by atoms with van der Waals surface area (Å²) in [5.74, 6) is 2.10. The van der Waals surface area contributed by atoms with E-state index in [1.165, 1.54) is 19.3 Å². The van der Waals surface area contributed by atoms with Gasteiger partial charge in [0.2, 0.25) is 5.82 Å². The van der Waals surface area contributed by atoms with Crippen LogP contribution in [-0.2, 0) is 6.54 Å². The van der Waals surface area contributed by atoms with Crippen LogP contribution < -0.4 is 5.32 Å². The molecule has 2 aliphatic carbocycles. The fourth-order valence-corrected chi connectivity index (χ4v) is 3.76. The zero-order chi connectivity index (χ0) is 13.6. The third kappa shape index (κ3) is 1.99. The van der Waals surface area contributed by atoms with E-state index in [-0.39, 0.29) is 10.6 Å². The SMILES string of the molecule is CCn1nc(C)c([N+](=O)[O-])c1NC1CC2CCC1C2. The average molecular weight is 264 g/mol. The highest BCUT2D eigenvalue weighted by Crippen LogP contribution is 2.46. The summed E-state index contributed by atoms with van der Waals surface area (Å²) < 4.78 is 1.72. The molecule has 3 rings (SSSR count). The molecule has 0 amide bonds. The maximum atomic E-state index is 11.2. The van der Waals surface area contributed by atoms with Gasteiger partial charge in [-0.1, -0.05) is 6.42 Å². The van der Waals surface area contributed by atoms with Crippen LogP contribution in [0.25, 0.3) is 0 Å². The van der Waals surface area contributed by atoms with E-state index in [9.17, 15) is 10.1 Å². The highest BCUT2D eigenvalue weighted by molar-refractivity contribution is 5.60. The topological polar surface area (TPSA) is 73.0 Å². The van der Waals surface area contributed by atoms with Gasteiger partial charge in [0.15, 0.2) is 0 Å². The van der Waals surface area contributed by atoms with Crippen LogP contribution in [0.4, 0.5) is 11.5 Å². The smallest absolute Gasteiger partial charge is 0.333 e. The maximum absolute atomic E-state index is 11.2. The van der Waals surface area contributed by atoms with Crippen molar-refractivity contribution in [2.45, 2.75) is 52.1 Å². The molecule has 6 heteroatoms. The minimum atomic E-state index is -0.315. The Morgan fingerprint density at radius 2 is 2.26 bits per heavy atom. The molecule has 1 heterocycles. The molecule has 0 aromatic carbocycles. The summed E-state index contributed by atoms with van der Waals surface area (Å²) in [4.78, 5) is 10.9. The van der Waals surface area contributed by atoms with Gasteiger partial charge in [-0.25, -0.2) is 4.68 Å². The normalized spacial score (nSPS) is 28.8. The number of fused-ring (bicyclic) bond motifs is 2. The van der Waals surface area contributed by atoms with Gasteiger partial charge >= 0.3 is 5.69 Å². The Kier molecular flexibility index (Phi) is 2.95. The number of rotatable bonds is 4. The van der Waals surface area contributed by atoms with Gasteiger partial charge in [0.25, 0.3) is 0 Å². The first-order chi connectivity index (χ1) is 9.10. The molecule has 19 heavy (non-hydrogen) atoms. The highest BCUT2D eigenvalue weighted by atomic mass is 16.6. The molecule has 1 aromatic heterocycles. The van der Waals surface area contributed by atoms with Crippen LogP contribution in [0.1, 0.15) is 38.3 Å². The molecule has 1 aromatic rings. The van der Waals surface area contributed by atoms with E-state index in [4.69, 9.17) is 0 Å². The molecule has 0 saturated heterocycles. The number of aryl methyl sites for hydroxylation is 2. The molecule has 0 aliphatic heterocycles. The van der Waals surface area contributed by atoms with Crippen molar-refractivity contribution in [3.05, 3.63) is 15.8 Å². The Morgan fingerprint density at radius 1 is 1.47 bits per heavy atom. The number of hydrogen-bond acceptors (Lipinski definition) is 4. The Morgan fingerprint density at radius 3 is 2.79 bits per heavy atom. The van der Waals surface area contributed by atoms with Gasteiger partial charge in [-0.3, -0.25) is 10.1 Å². The van der Waals surface area contributed by atoms with Crippen molar-refractivity contribution in [1.82, 2.24) is 9.78 Å². The summed E-state index contributed by atoms with van der Waals surface area (Å²) in [6.45, 7) is 4.32.